The lowest BCUT2D eigenvalue weighted by molar-refractivity contribution is -0.137. The number of benzene rings is 1. The van der Waals surface area contributed by atoms with Gasteiger partial charge in [-0.25, -0.2) is 0 Å². The van der Waals surface area contributed by atoms with Gasteiger partial charge in [0.05, 0.1) is 23.3 Å². The van der Waals surface area contributed by atoms with Gasteiger partial charge in [0.15, 0.2) is 0 Å². The van der Waals surface area contributed by atoms with Crippen LogP contribution in [0.3, 0.4) is 0 Å². The summed E-state index contributed by atoms with van der Waals surface area (Å²) in [7, 11) is 1.59. The predicted molar refractivity (Wildman–Crippen MR) is 63.8 cm³/mol. The van der Waals surface area contributed by atoms with Crippen molar-refractivity contribution >= 4 is 5.69 Å². The van der Waals surface area contributed by atoms with Crippen LogP contribution in [-0.4, -0.2) is 26.3 Å². The molecule has 3 nitrogen and oxygen atoms in total. The van der Waals surface area contributed by atoms with E-state index in [9.17, 15) is 13.2 Å². The van der Waals surface area contributed by atoms with Crippen LogP contribution in [0.5, 0.6) is 0 Å². The Kier molecular flexibility index (Phi) is 3.67. The molecule has 0 saturated carbocycles. The van der Waals surface area contributed by atoms with Gasteiger partial charge in [-0.3, -0.25) is 0 Å². The van der Waals surface area contributed by atoms with Crippen molar-refractivity contribution in [1.29, 1.82) is 5.26 Å². The Morgan fingerprint density at radius 2 is 2.16 bits per heavy atom. The van der Waals surface area contributed by atoms with Crippen LogP contribution in [0, 0.1) is 11.3 Å². The molecule has 0 spiro atoms. The van der Waals surface area contributed by atoms with Crippen molar-refractivity contribution in [3.05, 3.63) is 29.3 Å². The van der Waals surface area contributed by atoms with Crippen LogP contribution in [-0.2, 0) is 10.9 Å². The van der Waals surface area contributed by atoms with Crippen LogP contribution in [0.2, 0.25) is 0 Å². The van der Waals surface area contributed by atoms with Crippen molar-refractivity contribution in [2.24, 2.45) is 0 Å². The quantitative estimate of drug-likeness (QED) is 0.829. The number of methoxy groups -OCH3 is 1. The lowest BCUT2D eigenvalue weighted by Crippen LogP contribution is -2.22. The van der Waals surface area contributed by atoms with E-state index in [4.69, 9.17) is 10.00 Å². The standard InChI is InChI=1S/C13H13F3N2O/c1-19-11-4-5-18(8-11)10-3-2-9(7-17)12(6-10)13(14,15)16/h2-3,6,11H,4-5,8H2,1H3. The molecule has 0 bridgehead atoms. The van der Waals surface area contributed by atoms with Gasteiger partial charge >= 0.3 is 6.18 Å². The zero-order chi connectivity index (χ0) is 14.0. The highest BCUT2D eigenvalue weighted by atomic mass is 19.4. The summed E-state index contributed by atoms with van der Waals surface area (Å²) in [6.07, 6.45) is -3.68. The molecule has 102 valence electrons. The van der Waals surface area contributed by atoms with Gasteiger partial charge in [0, 0.05) is 25.9 Å². The monoisotopic (exact) mass is 270 g/mol. The number of nitrogens with zero attached hydrogens (tertiary/aromatic N) is 2. The molecule has 1 atom stereocenters. The third-order valence-corrected chi connectivity index (χ3v) is 3.27. The van der Waals surface area contributed by atoms with Crippen LogP contribution in [0.4, 0.5) is 18.9 Å². The summed E-state index contributed by atoms with van der Waals surface area (Å²) in [6, 6.07) is 5.38. The first-order valence-electron chi connectivity index (χ1n) is 5.85. The molecule has 1 fully saturated rings. The van der Waals surface area contributed by atoms with E-state index in [2.05, 4.69) is 0 Å². The van der Waals surface area contributed by atoms with Crippen LogP contribution in [0.25, 0.3) is 0 Å². The third kappa shape index (κ3) is 2.82. The fourth-order valence-electron chi connectivity index (χ4n) is 2.22. The molecule has 2 rings (SSSR count). The van der Waals surface area contributed by atoms with Crippen LogP contribution in [0.15, 0.2) is 18.2 Å². The van der Waals surface area contributed by atoms with Crippen molar-refractivity contribution in [3.8, 4) is 6.07 Å². The number of nitriles is 1. The first-order valence-corrected chi connectivity index (χ1v) is 5.85. The molecule has 6 heteroatoms. The lowest BCUT2D eigenvalue weighted by Gasteiger charge is -2.20. The van der Waals surface area contributed by atoms with Crippen LogP contribution in [0.1, 0.15) is 17.5 Å². The number of anilines is 1. The minimum absolute atomic E-state index is 0.0463. The van der Waals surface area contributed by atoms with E-state index in [0.717, 1.165) is 12.5 Å². The van der Waals surface area contributed by atoms with Gasteiger partial charge in [0.1, 0.15) is 0 Å². The van der Waals surface area contributed by atoms with E-state index >= 15 is 0 Å². The summed E-state index contributed by atoms with van der Waals surface area (Å²) < 4.78 is 43.7. The molecule has 1 saturated heterocycles. The molecule has 1 aromatic rings. The average molecular weight is 270 g/mol. The number of halogens is 3. The first kappa shape index (κ1) is 13.7. The van der Waals surface area contributed by atoms with Gasteiger partial charge in [-0.2, -0.15) is 18.4 Å². The highest BCUT2D eigenvalue weighted by Crippen LogP contribution is 2.35. The van der Waals surface area contributed by atoms with Crippen molar-refractivity contribution in [2.75, 3.05) is 25.1 Å². The van der Waals surface area contributed by atoms with Gasteiger partial charge in [-0.15, -0.1) is 0 Å². The molecule has 1 aliphatic rings. The Bertz CT molecular complexity index is 508. The maximum Gasteiger partial charge on any atom is 0.417 e. The van der Waals surface area contributed by atoms with Gasteiger partial charge in [-0.05, 0) is 24.6 Å². The number of hydrogen-bond donors (Lipinski definition) is 0. The Morgan fingerprint density at radius 3 is 2.68 bits per heavy atom. The summed E-state index contributed by atoms with van der Waals surface area (Å²) in [5.41, 5.74) is -0.752. The van der Waals surface area contributed by atoms with E-state index < -0.39 is 11.7 Å². The SMILES string of the molecule is COC1CCN(c2ccc(C#N)c(C(F)(F)F)c2)C1. The largest absolute Gasteiger partial charge is 0.417 e. The summed E-state index contributed by atoms with van der Waals surface area (Å²) in [5, 5.41) is 8.73. The molecule has 1 unspecified atom stereocenters. The topological polar surface area (TPSA) is 36.3 Å². The number of rotatable bonds is 2. The molecule has 1 heterocycles. The zero-order valence-corrected chi connectivity index (χ0v) is 10.4. The van der Waals surface area contributed by atoms with Gasteiger partial charge in [0.2, 0.25) is 0 Å². The maximum atomic E-state index is 12.9. The second-order valence-corrected chi connectivity index (χ2v) is 4.43. The van der Waals surface area contributed by atoms with Gasteiger partial charge < -0.3 is 9.64 Å². The average Bonchev–Trinajstić information content (AvgIpc) is 2.85. The smallest absolute Gasteiger partial charge is 0.380 e. The normalized spacial score (nSPS) is 19.5. The third-order valence-electron chi connectivity index (χ3n) is 3.27. The number of ether oxygens (including phenoxy) is 1. The first-order chi connectivity index (χ1) is 8.95. The van der Waals surface area contributed by atoms with Crippen LogP contribution >= 0.6 is 0 Å². The summed E-state index contributed by atoms with van der Waals surface area (Å²) >= 11 is 0. The summed E-state index contributed by atoms with van der Waals surface area (Å²) in [6.45, 7) is 1.22. The zero-order valence-electron chi connectivity index (χ0n) is 10.4. The molecule has 0 N–H and O–H groups in total. The Labute approximate surface area is 109 Å². The molecule has 0 aromatic heterocycles. The number of hydrogen-bond acceptors (Lipinski definition) is 3. The lowest BCUT2D eigenvalue weighted by atomic mass is 10.1. The Morgan fingerprint density at radius 1 is 1.42 bits per heavy atom. The van der Waals surface area contributed by atoms with E-state index in [-0.39, 0.29) is 11.7 Å². The molecule has 1 aliphatic heterocycles. The van der Waals surface area contributed by atoms with E-state index in [1.54, 1.807) is 19.2 Å². The minimum Gasteiger partial charge on any atom is -0.380 e. The fraction of sp³-hybridized carbons (Fsp3) is 0.462. The molecule has 1 aromatic carbocycles. The van der Waals surface area contributed by atoms with Crippen molar-refractivity contribution in [1.82, 2.24) is 0 Å². The van der Waals surface area contributed by atoms with E-state index in [1.807, 2.05) is 4.90 Å². The second-order valence-electron chi connectivity index (χ2n) is 4.43. The molecule has 19 heavy (non-hydrogen) atoms. The molecular formula is C13H13F3N2O. The fourth-order valence-corrected chi connectivity index (χ4v) is 2.22. The highest BCUT2D eigenvalue weighted by molar-refractivity contribution is 5.55. The van der Waals surface area contributed by atoms with Gasteiger partial charge in [0.25, 0.3) is 0 Å². The molecule has 0 aliphatic carbocycles. The summed E-state index contributed by atoms with van der Waals surface area (Å²) in [4.78, 5) is 1.84. The van der Waals surface area contributed by atoms with Gasteiger partial charge in [-0.1, -0.05) is 0 Å². The molecule has 0 radical (unpaired) electrons. The highest BCUT2D eigenvalue weighted by Gasteiger charge is 2.34. The Balaban J connectivity index is 2.32. The second kappa shape index (κ2) is 5.10. The Hall–Kier alpha value is -1.74. The maximum absolute atomic E-state index is 12.9. The summed E-state index contributed by atoms with van der Waals surface area (Å²) in [5.74, 6) is 0. The van der Waals surface area contributed by atoms with Crippen LogP contribution < -0.4 is 4.90 Å². The molecule has 0 amide bonds. The van der Waals surface area contributed by atoms with E-state index in [0.29, 0.717) is 18.8 Å². The van der Waals surface area contributed by atoms with Crippen molar-refractivity contribution < 1.29 is 17.9 Å². The predicted octanol–water partition coefficient (Wildman–Crippen LogP) is 2.80. The molecular weight excluding hydrogens is 257 g/mol. The van der Waals surface area contributed by atoms with Crippen molar-refractivity contribution in [3.63, 3.8) is 0 Å². The van der Waals surface area contributed by atoms with Crippen molar-refractivity contribution in [2.45, 2.75) is 18.7 Å². The number of alkyl halides is 3. The van der Waals surface area contributed by atoms with E-state index in [1.165, 1.54) is 6.07 Å². The minimum atomic E-state index is -4.51.